The van der Waals surface area contributed by atoms with Gasteiger partial charge in [0.25, 0.3) is 0 Å². The van der Waals surface area contributed by atoms with Crippen molar-refractivity contribution in [3.05, 3.63) is 70.9 Å². The van der Waals surface area contributed by atoms with Gasteiger partial charge in [0.2, 0.25) is 0 Å². The summed E-state index contributed by atoms with van der Waals surface area (Å²) in [5.74, 6) is -2.07. The Hall–Kier alpha value is -4.23. The topological polar surface area (TPSA) is 126 Å². The summed E-state index contributed by atoms with van der Waals surface area (Å²) in [7, 11) is 0. The number of carbonyl (C=O) groups is 1. The van der Waals surface area contributed by atoms with Gasteiger partial charge in [-0.3, -0.25) is 10.1 Å². The number of allylic oxidation sites excluding steroid dienone is 1. The average Bonchev–Trinajstić information content (AvgIpc) is 3.20. The fourth-order valence-electron chi connectivity index (χ4n) is 3.66. The van der Waals surface area contributed by atoms with Gasteiger partial charge >= 0.3 is 5.97 Å². The molecule has 2 unspecified atom stereocenters. The van der Waals surface area contributed by atoms with E-state index in [1.807, 2.05) is 18.2 Å². The number of hydrogen-bond acceptors (Lipinski definition) is 5. The van der Waals surface area contributed by atoms with Gasteiger partial charge < -0.3 is 5.11 Å². The molecule has 1 aromatic heterocycles. The molecule has 0 fully saturated rings. The van der Waals surface area contributed by atoms with E-state index >= 15 is 0 Å². The van der Waals surface area contributed by atoms with Crippen molar-refractivity contribution >= 4 is 28.3 Å². The number of carboxylic acids is 1. The third-order valence-electron chi connectivity index (χ3n) is 5.13. The van der Waals surface area contributed by atoms with Crippen LogP contribution < -0.4 is 0 Å². The summed E-state index contributed by atoms with van der Waals surface area (Å²) >= 11 is 0. The molecule has 3 aromatic rings. The van der Waals surface area contributed by atoms with Gasteiger partial charge in [-0.15, -0.1) is 0 Å². The molecule has 29 heavy (non-hydrogen) atoms. The lowest BCUT2D eigenvalue weighted by Gasteiger charge is -2.28. The van der Waals surface area contributed by atoms with Crippen molar-refractivity contribution in [2.75, 3.05) is 0 Å². The van der Waals surface area contributed by atoms with Crippen LogP contribution in [0.4, 0.5) is 0 Å². The molecular weight excluding hydrogens is 366 g/mol. The van der Waals surface area contributed by atoms with Crippen molar-refractivity contribution in [2.45, 2.75) is 12.8 Å². The molecule has 0 aliphatic carbocycles. The van der Waals surface area contributed by atoms with E-state index in [2.05, 4.69) is 27.3 Å². The van der Waals surface area contributed by atoms with E-state index in [9.17, 15) is 15.3 Å². The first-order valence-electron chi connectivity index (χ1n) is 8.89. The number of fused-ring (bicyclic) bond motifs is 1. The number of carboxylic acid groups (broad SMARTS) is 1. The molecular formula is C22H15N5O2. The number of aromatic amines is 1. The summed E-state index contributed by atoms with van der Waals surface area (Å²) < 4.78 is 0. The minimum atomic E-state index is -1.02. The van der Waals surface area contributed by atoms with Crippen LogP contribution in [-0.4, -0.2) is 27.0 Å². The van der Waals surface area contributed by atoms with Crippen molar-refractivity contribution in [3.8, 4) is 12.1 Å². The molecule has 0 bridgehead atoms. The second kappa shape index (κ2) is 7.06. The number of benzene rings is 2. The smallest absolute Gasteiger partial charge is 0.335 e. The number of aromatic nitrogens is 2. The van der Waals surface area contributed by atoms with Crippen molar-refractivity contribution in [1.82, 2.24) is 10.2 Å². The van der Waals surface area contributed by atoms with E-state index in [1.165, 1.54) is 12.1 Å². The highest BCUT2D eigenvalue weighted by atomic mass is 16.4. The highest BCUT2D eigenvalue weighted by molar-refractivity contribution is 5.97. The van der Waals surface area contributed by atoms with Crippen LogP contribution in [0.5, 0.6) is 0 Å². The second-order valence-electron chi connectivity index (χ2n) is 6.81. The van der Waals surface area contributed by atoms with Crippen LogP contribution in [0.2, 0.25) is 0 Å². The summed E-state index contributed by atoms with van der Waals surface area (Å²) in [6, 6.07) is 16.5. The largest absolute Gasteiger partial charge is 0.478 e. The van der Waals surface area contributed by atoms with E-state index in [1.54, 1.807) is 25.3 Å². The highest BCUT2D eigenvalue weighted by Crippen LogP contribution is 2.41. The zero-order valence-electron chi connectivity index (χ0n) is 15.4. The molecule has 2 atom stereocenters. The number of hydrogen-bond donors (Lipinski definition) is 2. The molecule has 0 amide bonds. The zero-order chi connectivity index (χ0) is 20.5. The lowest BCUT2D eigenvalue weighted by Crippen LogP contribution is -2.25. The molecule has 140 valence electrons. The Morgan fingerprint density at radius 3 is 2.59 bits per heavy atom. The SMILES string of the molecule is CC1=NC(c2ccc(C(=O)O)cc2)=C(C#N)C(c2ccc3[nH]ncc3c2)C1C#N. The molecule has 1 aliphatic rings. The predicted molar refractivity (Wildman–Crippen MR) is 107 cm³/mol. The number of H-pyrrole nitrogens is 1. The molecule has 2 N–H and O–H groups in total. The van der Waals surface area contributed by atoms with E-state index in [4.69, 9.17) is 5.11 Å². The lowest BCUT2D eigenvalue weighted by molar-refractivity contribution is 0.0697. The van der Waals surface area contributed by atoms with Gasteiger partial charge in [0.1, 0.15) is 0 Å². The van der Waals surface area contributed by atoms with Gasteiger partial charge in [0.05, 0.1) is 46.6 Å². The van der Waals surface area contributed by atoms with Crippen LogP contribution in [0.25, 0.3) is 16.6 Å². The number of aliphatic imine (C=N–C) groups is 1. The number of aromatic carboxylic acids is 1. The quantitative estimate of drug-likeness (QED) is 0.711. The highest BCUT2D eigenvalue weighted by Gasteiger charge is 2.35. The Balaban J connectivity index is 1.90. The molecule has 2 aromatic carbocycles. The third-order valence-corrected chi connectivity index (χ3v) is 5.13. The third kappa shape index (κ3) is 3.05. The van der Waals surface area contributed by atoms with Gasteiger partial charge in [-0.25, -0.2) is 4.79 Å². The van der Waals surface area contributed by atoms with Crippen LogP contribution in [-0.2, 0) is 0 Å². The average molecular weight is 381 g/mol. The van der Waals surface area contributed by atoms with E-state index in [0.717, 1.165) is 16.5 Å². The van der Waals surface area contributed by atoms with Gasteiger partial charge in [0.15, 0.2) is 0 Å². The van der Waals surface area contributed by atoms with Crippen LogP contribution in [0.1, 0.15) is 34.3 Å². The fraction of sp³-hybridized carbons (Fsp3) is 0.136. The van der Waals surface area contributed by atoms with Gasteiger partial charge in [0, 0.05) is 22.6 Å². The first-order valence-corrected chi connectivity index (χ1v) is 8.89. The summed E-state index contributed by atoms with van der Waals surface area (Å²) in [6.45, 7) is 1.77. The molecule has 7 nitrogen and oxygen atoms in total. The standard InChI is InChI=1S/C22H15N5O2/c1-12-17(9-23)20(15-6-7-19-16(8-15)11-25-27-19)18(10-24)21(26-12)13-2-4-14(5-3-13)22(28)29/h2-8,11,17,20H,1H3,(H,25,27)(H,28,29). The first kappa shape index (κ1) is 18.1. The van der Waals surface area contributed by atoms with Gasteiger partial charge in [-0.05, 0) is 36.8 Å². The summed E-state index contributed by atoms with van der Waals surface area (Å²) in [4.78, 5) is 15.7. The minimum absolute atomic E-state index is 0.154. The number of rotatable bonds is 3. The second-order valence-corrected chi connectivity index (χ2v) is 6.81. The molecule has 7 heteroatoms. The van der Waals surface area contributed by atoms with E-state index in [-0.39, 0.29) is 5.56 Å². The van der Waals surface area contributed by atoms with Crippen molar-refractivity contribution < 1.29 is 9.90 Å². The molecule has 0 saturated heterocycles. The van der Waals surface area contributed by atoms with Crippen molar-refractivity contribution in [3.63, 3.8) is 0 Å². The maximum atomic E-state index is 11.1. The Morgan fingerprint density at radius 2 is 1.93 bits per heavy atom. The van der Waals surface area contributed by atoms with E-state index < -0.39 is 17.8 Å². The normalized spacial score (nSPS) is 18.8. The predicted octanol–water partition coefficient (Wildman–Crippen LogP) is 3.89. The number of nitrogens with one attached hydrogen (secondary N) is 1. The molecule has 0 saturated carbocycles. The van der Waals surface area contributed by atoms with Crippen LogP contribution in [0.15, 0.2) is 59.2 Å². The maximum absolute atomic E-state index is 11.1. The monoisotopic (exact) mass is 381 g/mol. The van der Waals surface area contributed by atoms with E-state index in [0.29, 0.717) is 22.5 Å². The molecule has 4 rings (SSSR count). The molecule has 0 spiro atoms. The number of nitriles is 2. The maximum Gasteiger partial charge on any atom is 0.335 e. The van der Waals surface area contributed by atoms with Gasteiger partial charge in [-0.1, -0.05) is 18.2 Å². The van der Waals surface area contributed by atoms with Crippen molar-refractivity contribution in [1.29, 1.82) is 10.5 Å². The Morgan fingerprint density at radius 1 is 1.17 bits per heavy atom. The lowest BCUT2D eigenvalue weighted by atomic mass is 9.76. The first-order chi connectivity index (χ1) is 14.0. The van der Waals surface area contributed by atoms with Crippen LogP contribution >= 0.6 is 0 Å². The Kier molecular flexibility index (Phi) is 4.42. The summed E-state index contributed by atoms with van der Waals surface area (Å²) in [5, 5.41) is 36.7. The molecule has 1 aliphatic heterocycles. The Labute approximate surface area is 166 Å². The van der Waals surface area contributed by atoms with Crippen LogP contribution in [0, 0.1) is 28.6 Å². The minimum Gasteiger partial charge on any atom is -0.478 e. The van der Waals surface area contributed by atoms with Crippen molar-refractivity contribution in [2.24, 2.45) is 10.9 Å². The zero-order valence-corrected chi connectivity index (χ0v) is 15.4. The van der Waals surface area contributed by atoms with Gasteiger partial charge in [-0.2, -0.15) is 15.6 Å². The fourth-order valence-corrected chi connectivity index (χ4v) is 3.66. The molecule has 0 radical (unpaired) electrons. The summed E-state index contributed by atoms with van der Waals surface area (Å²) in [5.41, 5.74) is 3.95. The Bertz CT molecular complexity index is 1270. The summed E-state index contributed by atoms with van der Waals surface area (Å²) in [6.07, 6.45) is 1.70. The van der Waals surface area contributed by atoms with Crippen LogP contribution in [0.3, 0.4) is 0 Å². The number of nitrogens with zero attached hydrogens (tertiary/aromatic N) is 4. The molecule has 2 heterocycles.